The maximum atomic E-state index is 10.9. The van der Waals surface area contributed by atoms with E-state index in [0.717, 1.165) is 9.90 Å². The van der Waals surface area contributed by atoms with E-state index in [9.17, 15) is 4.79 Å². The van der Waals surface area contributed by atoms with Crippen molar-refractivity contribution in [1.82, 2.24) is 10.2 Å². The van der Waals surface area contributed by atoms with E-state index < -0.39 is 0 Å². The standard InChI is InChI=1S/C11H9Cl2N3OS2/c1-6(17)14-10-15-16-11(19-10)18-5-7-2-3-8(12)4-9(7)13/h2-4H,5H2,1H3,(H,14,15,17). The second-order valence-electron chi connectivity index (χ2n) is 3.58. The van der Waals surface area contributed by atoms with Gasteiger partial charge in [0, 0.05) is 22.7 Å². The van der Waals surface area contributed by atoms with Gasteiger partial charge < -0.3 is 5.32 Å². The van der Waals surface area contributed by atoms with E-state index in [-0.39, 0.29) is 5.91 Å². The molecule has 2 rings (SSSR count). The van der Waals surface area contributed by atoms with Gasteiger partial charge in [-0.1, -0.05) is 52.4 Å². The zero-order chi connectivity index (χ0) is 13.8. The van der Waals surface area contributed by atoms with Gasteiger partial charge >= 0.3 is 0 Å². The summed E-state index contributed by atoms with van der Waals surface area (Å²) in [4.78, 5) is 10.9. The van der Waals surface area contributed by atoms with E-state index in [1.165, 1.54) is 30.0 Å². The van der Waals surface area contributed by atoms with Crippen molar-refractivity contribution in [2.45, 2.75) is 17.0 Å². The number of nitrogens with one attached hydrogen (secondary N) is 1. The molecule has 0 aliphatic rings. The fourth-order valence-corrected chi connectivity index (χ4v) is 3.60. The summed E-state index contributed by atoms with van der Waals surface area (Å²) >= 11 is 14.8. The summed E-state index contributed by atoms with van der Waals surface area (Å²) in [6.45, 7) is 1.43. The summed E-state index contributed by atoms with van der Waals surface area (Å²) in [5.74, 6) is 0.512. The van der Waals surface area contributed by atoms with Gasteiger partial charge in [0.05, 0.1) is 0 Å². The zero-order valence-corrected chi connectivity index (χ0v) is 13.0. The van der Waals surface area contributed by atoms with Crippen molar-refractivity contribution in [3.05, 3.63) is 33.8 Å². The maximum Gasteiger partial charge on any atom is 0.223 e. The first-order valence-corrected chi connectivity index (χ1v) is 7.78. The lowest BCUT2D eigenvalue weighted by atomic mass is 10.2. The molecule has 1 heterocycles. The molecule has 0 bridgehead atoms. The zero-order valence-electron chi connectivity index (χ0n) is 9.81. The summed E-state index contributed by atoms with van der Waals surface area (Å²) in [5, 5.41) is 12.2. The molecule has 4 nitrogen and oxygen atoms in total. The highest BCUT2D eigenvalue weighted by Crippen LogP contribution is 2.31. The number of thioether (sulfide) groups is 1. The van der Waals surface area contributed by atoms with Crippen molar-refractivity contribution in [1.29, 1.82) is 0 Å². The predicted octanol–water partition coefficient (Wildman–Crippen LogP) is 4.10. The lowest BCUT2D eigenvalue weighted by Gasteiger charge is -2.02. The summed E-state index contributed by atoms with van der Waals surface area (Å²) in [6.07, 6.45) is 0. The number of halogens is 2. The lowest BCUT2D eigenvalue weighted by molar-refractivity contribution is -0.114. The molecule has 0 aliphatic heterocycles. The van der Waals surface area contributed by atoms with Crippen LogP contribution in [0.5, 0.6) is 0 Å². The first-order chi connectivity index (χ1) is 9.04. The van der Waals surface area contributed by atoms with Crippen LogP contribution >= 0.6 is 46.3 Å². The van der Waals surface area contributed by atoms with Crippen LogP contribution in [0.15, 0.2) is 22.5 Å². The number of aromatic nitrogens is 2. The van der Waals surface area contributed by atoms with Gasteiger partial charge in [-0.15, -0.1) is 10.2 Å². The van der Waals surface area contributed by atoms with Crippen LogP contribution < -0.4 is 5.32 Å². The minimum Gasteiger partial charge on any atom is -0.301 e. The Balaban J connectivity index is 1.98. The van der Waals surface area contributed by atoms with E-state index in [1.807, 2.05) is 6.07 Å². The van der Waals surface area contributed by atoms with E-state index in [0.29, 0.717) is 20.9 Å². The van der Waals surface area contributed by atoms with Crippen LogP contribution in [0.25, 0.3) is 0 Å². The number of hydrogen-bond donors (Lipinski definition) is 1. The van der Waals surface area contributed by atoms with Crippen molar-refractivity contribution in [2.75, 3.05) is 5.32 Å². The third kappa shape index (κ3) is 4.35. The molecule has 1 amide bonds. The van der Waals surface area contributed by atoms with Crippen LogP contribution in [0.3, 0.4) is 0 Å². The average molecular weight is 334 g/mol. The molecule has 1 N–H and O–H groups in total. The van der Waals surface area contributed by atoms with E-state index in [4.69, 9.17) is 23.2 Å². The van der Waals surface area contributed by atoms with Gasteiger partial charge in [0.1, 0.15) is 0 Å². The summed E-state index contributed by atoms with van der Waals surface area (Å²) in [7, 11) is 0. The molecule has 0 atom stereocenters. The third-order valence-electron chi connectivity index (χ3n) is 2.06. The molecule has 0 saturated carbocycles. The number of nitrogens with zero attached hydrogens (tertiary/aromatic N) is 2. The van der Waals surface area contributed by atoms with Crippen LogP contribution in [0.1, 0.15) is 12.5 Å². The molecule has 100 valence electrons. The van der Waals surface area contributed by atoms with Crippen molar-refractivity contribution in [3.63, 3.8) is 0 Å². The van der Waals surface area contributed by atoms with Crippen LogP contribution in [-0.4, -0.2) is 16.1 Å². The molecule has 1 aromatic heterocycles. The number of anilines is 1. The quantitative estimate of drug-likeness (QED) is 0.676. The number of rotatable bonds is 4. The molecule has 19 heavy (non-hydrogen) atoms. The Labute approximate surface area is 128 Å². The molecule has 0 aliphatic carbocycles. The molecule has 0 radical (unpaired) electrons. The topological polar surface area (TPSA) is 54.9 Å². The Morgan fingerprint density at radius 2 is 2.21 bits per heavy atom. The molecule has 0 spiro atoms. The number of benzene rings is 1. The van der Waals surface area contributed by atoms with E-state index in [2.05, 4.69) is 15.5 Å². The minimum absolute atomic E-state index is 0.159. The molecular formula is C11H9Cl2N3OS2. The second-order valence-corrected chi connectivity index (χ2v) is 6.62. The Kier molecular flexibility index (Phi) is 5.04. The van der Waals surface area contributed by atoms with Gasteiger partial charge in [0.2, 0.25) is 11.0 Å². The van der Waals surface area contributed by atoms with Crippen molar-refractivity contribution >= 4 is 57.3 Å². The summed E-state index contributed by atoms with van der Waals surface area (Å²) in [6, 6.07) is 5.39. The van der Waals surface area contributed by atoms with Crippen molar-refractivity contribution in [3.8, 4) is 0 Å². The number of amides is 1. The van der Waals surface area contributed by atoms with Crippen LogP contribution in [0.4, 0.5) is 5.13 Å². The second kappa shape index (κ2) is 6.56. The number of carbonyl (C=O) groups excluding carboxylic acids is 1. The Morgan fingerprint density at radius 3 is 2.89 bits per heavy atom. The van der Waals surface area contributed by atoms with Gasteiger partial charge in [0.15, 0.2) is 4.34 Å². The minimum atomic E-state index is -0.159. The van der Waals surface area contributed by atoms with Gasteiger partial charge in [0.25, 0.3) is 0 Å². The highest BCUT2D eigenvalue weighted by atomic mass is 35.5. The molecule has 0 fully saturated rings. The van der Waals surface area contributed by atoms with Crippen LogP contribution in [0.2, 0.25) is 10.0 Å². The highest BCUT2D eigenvalue weighted by Gasteiger charge is 2.08. The molecule has 1 aromatic carbocycles. The molecular weight excluding hydrogens is 325 g/mol. The van der Waals surface area contributed by atoms with Crippen LogP contribution in [0, 0.1) is 0 Å². The van der Waals surface area contributed by atoms with Gasteiger partial charge in [-0.05, 0) is 17.7 Å². The van der Waals surface area contributed by atoms with Crippen LogP contribution in [-0.2, 0) is 10.5 Å². The smallest absolute Gasteiger partial charge is 0.223 e. The maximum absolute atomic E-state index is 10.9. The molecule has 2 aromatic rings. The Bertz CT molecular complexity index is 603. The monoisotopic (exact) mass is 333 g/mol. The first-order valence-electron chi connectivity index (χ1n) is 5.22. The highest BCUT2D eigenvalue weighted by molar-refractivity contribution is 8.00. The van der Waals surface area contributed by atoms with Crippen molar-refractivity contribution < 1.29 is 4.79 Å². The Morgan fingerprint density at radius 1 is 1.42 bits per heavy atom. The predicted molar refractivity (Wildman–Crippen MR) is 80.2 cm³/mol. The lowest BCUT2D eigenvalue weighted by Crippen LogP contribution is -2.04. The fourth-order valence-electron chi connectivity index (χ4n) is 1.25. The average Bonchev–Trinajstić information content (AvgIpc) is 2.74. The first kappa shape index (κ1) is 14.6. The van der Waals surface area contributed by atoms with Gasteiger partial charge in [-0.2, -0.15) is 0 Å². The molecule has 0 saturated heterocycles. The number of hydrogen-bond acceptors (Lipinski definition) is 5. The third-order valence-corrected chi connectivity index (χ3v) is 4.66. The fraction of sp³-hybridized carbons (Fsp3) is 0.182. The summed E-state index contributed by atoms with van der Waals surface area (Å²) < 4.78 is 0.773. The van der Waals surface area contributed by atoms with E-state index in [1.54, 1.807) is 12.1 Å². The molecule has 8 heteroatoms. The SMILES string of the molecule is CC(=O)Nc1nnc(SCc2ccc(Cl)cc2Cl)s1. The number of carbonyl (C=O) groups is 1. The Hall–Kier alpha value is -0.820. The normalized spacial score (nSPS) is 10.5. The molecule has 0 unspecified atom stereocenters. The largest absolute Gasteiger partial charge is 0.301 e. The van der Waals surface area contributed by atoms with Gasteiger partial charge in [-0.3, -0.25) is 4.79 Å². The summed E-state index contributed by atoms with van der Waals surface area (Å²) in [5.41, 5.74) is 0.979. The van der Waals surface area contributed by atoms with Gasteiger partial charge in [-0.25, -0.2) is 0 Å². The van der Waals surface area contributed by atoms with Crippen molar-refractivity contribution in [2.24, 2.45) is 0 Å². The van der Waals surface area contributed by atoms with E-state index >= 15 is 0 Å².